The number of pyridine rings is 1. The van der Waals surface area contributed by atoms with Gasteiger partial charge >= 0.3 is 0 Å². The summed E-state index contributed by atoms with van der Waals surface area (Å²) in [5.41, 5.74) is 5.61. The second-order valence-electron chi connectivity index (χ2n) is 8.63. The number of carbonyl (C=O) groups excluding carboxylic acids is 1. The Morgan fingerprint density at radius 1 is 1.11 bits per heavy atom. The number of thioether (sulfide) groups is 1. The molecule has 0 spiro atoms. The number of carbonyl (C=O) groups is 1. The molecule has 0 unspecified atom stereocenters. The third kappa shape index (κ3) is 5.14. The number of aryl methyl sites for hydroxylation is 2. The number of methoxy groups -OCH3 is 1. The quantitative estimate of drug-likeness (QED) is 0.229. The van der Waals surface area contributed by atoms with E-state index in [0.717, 1.165) is 33.7 Å². The lowest BCUT2D eigenvalue weighted by Crippen LogP contribution is -2.16. The van der Waals surface area contributed by atoms with Crippen molar-refractivity contribution >= 4 is 23.4 Å². The first-order valence-corrected chi connectivity index (χ1v) is 12.7. The summed E-state index contributed by atoms with van der Waals surface area (Å²) in [5, 5.41) is 13.5. The number of nitrogens with zero attached hydrogens (tertiary/aromatic N) is 3. The summed E-state index contributed by atoms with van der Waals surface area (Å²) in [6.45, 7) is 3.66. The lowest BCUT2D eigenvalue weighted by atomic mass is 9.99. The van der Waals surface area contributed by atoms with Gasteiger partial charge in [0.25, 0.3) is 0 Å². The number of amides is 1. The van der Waals surface area contributed by atoms with Crippen molar-refractivity contribution < 1.29 is 19.4 Å². The van der Waals surface area contributed by atoms with Crippen LogP contribution in [-0.2, 0) is 17.8 Å². The van der Waals surface area contributed by atoms with E-state index >= 15 is 0 Å². The van der Waals surface area contributed by atoms with E-state index in [1.165, 1.54) is 11.8 Å². The van der Waals surface area contributed by atoms with Gasteiger partial charge in [0.05, 0.1) is 30.7 Å². The van der Waals surface area contributed by atoms with E-state index in [1.807, 2.05) is 62.4 Å². The topological polar surface area (TPSA) is 106 Å². The van der Waals surface area contributed by atoms with Crippen molar-refractivity contribution in [2.45, 2.75) is 31.9 Å². The number of fused-ring (bicyclic) bond motifs is 2. The van der Waals surface area contributed by atoms with Crippen LogP contribution in [0.2, 0.25) is 0 Å². The number of aliphatic hydroxyl groups is 1. The smallest absolute Gasteiger partial charge is 0.234 e. The number of aromatic nitrogens is 3. The molecule has 2 aromatic heterocycles. The van der Waals surface area contributed by atoms with Crippen LogP contribution in [0, 0.1) is 13.8 Å². The molecule has 1 aliphatic rings. The molecule has 188 valence electrons. The second-order valence-corrected chi connectivity index (χ2v) is 9.59. The van der Waals surface area contributed by atoms with Crippen molar-refractivity contribution in [2.75, 3.05) is 18.2 Å². The number of para-hydroxylation sites is 1. The zero-order valence-corrected chi connectivity index (χ0v) is 21.6. The Kier molecular flexibility index (Phi) is 7.07. The summed E-state index contributed by atoms with van der Waals surface area (Å²) in [7, 11) is 1.61. The van der Waals surface area contributed by atoms with E-state index in [-0.39, 0.29) is 18.3 Å². The summed E-state index contributed by atoms with van der Waals surface area (Å²) < 4.78 is 11.5. The Labute approximate surface area is 219 Å². The summed E-state index contributed by atoms with van der Waals surface area (Å²) in [5.74, 6) is 2.27. The Morgan fingerprint density at radius 2 is 1.89 bits per heavy atom. The maximum Gasteiger partial charge on any atom is 0.234 e. The molecule has 0 atom stereocenters. The van der Waals surface area contributed by atoms with E-state index in [2.05, 4.69) is 10.3 Å². The fourth-order valence-corrected chi connectivity index (χ4v) is 4.94. The highest BCUT2D eigenvalue weighted by Crippen LogP contribution is 2.42. The number of hydrogen-bond donors (Lipinski definition) is 2. The molecule has 1 amide bonds. The highest BCUT2D eigenvalue weighted by molar-refractivity contribution is 8.00. The molecule has 37 heavy (non-hydrogen) atoms. The van der Waals surface area contributed by atoms with Crippen LogP contribution in [0.4, 0.5) is 5.69 Å². The van der Waals surface area contributed by atoms with Crippen LogP contribution < -0.4 is 14.8 Å². The molecule has 3 heterocycles. The molecular formula is C28H26N4O4S. The Bertz CT molecular complexity index is 1470. The van der Waals surface area contributed by atoms with Crippen molar-refractivity contribution in [3.63, 3.8) is 0 Å². The minimum absolute atomic E-state index is 0.133. The minimum atomic E-state index is -0.152. The maximum absolute atomic E-state index is 12.8. The van der Waals surface area contributed by atoms with Crippen molar-refractivity contribution in [3.8, 4) is 28.8 Å². The fraction of sp³-hybridized carbons (Fsp3) is 0.214. The van der Waals surface area contributed by atoms with E-state index in [9.17, 15) is 9.90 Å². The van der Waals surface area contributed by atoms with Gasteiger partial charge in [-0.05, 0) is 49.7 Å². The Morgan fingerprint density at radius 3 is 2.62 bits per heavy atom. The third-order valence-electron chi connectivity index (χ3n) is 6.17. The van der Waals surface area contributed by atoms with Crippen LogP contribution in [0.5, 0.6) is 17.4 Å². The monoisotopic (exact) mass is 514 g/mol. The minimum Gasteiger partial charge on any atom is -0.497 e. The van der Waals surface area contributed by atoms with Gasteiger partial charge in [0.15, 0.2) is 11.6 Å². The predicted octanol–water partition coefficient (Wildman–Crippen LogP) is 5.08. The zero-order valence-electron chi connectivity index (χ0n) is 20.7. The molecule has 0 saturated heterocycles. The van der Waals surface area contributed by atoms with E-state index in [4.69, 9.17) is 19.4 Å². The molecule has 5 rings (SSSR count). The summed E-state index contributed by atoms with van der Waals surface area (Å²) in [4.78, 5) is 26.7. The zero-order chi connectivity index (χ0) is 25.9. The lowest BCUT2D eigenvalue weighted by Gasteiger charge is -2.24. The van der Waals surface area contributed by atoms with Gasteiger partial charge in [-0.1, -0.05) is 30.0 Å². The maximum atomic E-state index is 12.8. The van der Waals surface area contributed by atoms with Crippen LogP contribution in [0.1, 0.15) is 27.9 Å². The van der Waals surface area contributed by atoms with Gasteiger partial charge in [-0.25, -0.2) is 4.98 Å². The average molecular weight is 515 g/mol. The highest BCUT2D eigenvalue weighted by Gasteiger charge is 2.28. The number of aliphatic hydroxyl groups excluding tert-OH is 1. The molecular weight excluding hydrogens is 488 g/mol. The number of hydrogen-bond acceptors (Lipinski definition) is 8. The second kappa shape index (κ2) is 10.6. The van der Waals surface area contributed by atoms with Crippen LogP contribution in [0.25, 0.3) is 11.4 Å². The Balaban J connectivity index is 1.50. The number of ether oxygens (including phenoxy) is 2. The normalized spacial score (nSPS) is 11.8. The number of benzene rings is 2. The predicted molar refractivity (Wildman–Crippen MR) is 142 cm³/mol. The molecule has 4 aromatic rings. The molecule has 8 nitrogen and oxygen atoms in total. The molecule has 0 bridgehead atoms. The first kappa shape index (κ1) is 24.7. The van der Waals surface area contributed by atoms with Crippen molar-refractivity contribution in [1.29, 1.82) is 0 Å². The SMILES string of the molecule is COc1ccc(-c2nc3c(c(SCC(=O)Nc4ccccc4C)n2)Cc2c(CO)cnc(C)c2O3)cc1. The molecule has 0 saturated carbocycles. The Hall–Kier alpha value is -3.95. The summed E-state index contributed by atoms with van der Waals surface area (Å²) in [6.07, 6.45) is 2.13. The third-order valence-corrected chi connectivity index (χ3v) is 7.18. The molecule has 0 aliphatic carbocycles. The number of nitrogens with one attached hydrogen (secondary N) is 1. The molecule has 2 aromatic carbocycles. The van der Waals surface area contributed by atoms with Gasteiger partial charge in [-0.3, -0.25) is 9.78 Å². The van der Waals surface area contributed by atoms with Gasteiger partial charge in [0.2, 0.25) is 11.8 Å². The van der Waals surface area contributed by atoms with Crippen LogP contribution in [0.3, 0.4) is 0 Å². The van der Waals surface area contributed by atoms with Crippen molar-refractivity contribution in [3.05, 3.63) is 82.7 Å². The average Bonchev–Trinajstić information content (AvgIpc) is 2.92. The first-order chi connectivity index (χ1) is 18.0. The van der Waals surface area contributed by atoms with Gasteiger partial charge in [-0.2, -0.15) is 4.98 Å². The van der Waals surface area contributed by atoms with E-state index < -0.39 is 0 Å². The molecule has 0 radical (unpaired) electrons. The summed E-state index contributed by atoms with van der Waals surface area (Å²) in [6, 6.07) is 15.1. The molecule has 1 aliphatic heterocycles. The van der Waals surface area contributed by atoms with E-state index in [1.54, 1.807) is 13.3 Å². The van der Waals surface area contributed by atoms with Crippen LogP contribution in [0.15, 0.2) is 59.8 Å². The molecule has 9 heteroatoms. The van der Waals surface area contributed by atoms with Crippen LogP contribution in [-0.4, -0.2) is 38.8 Å². The highest BCUT2D eigenvalue weighted by atomic mass is 32.2. The largest absolute Gasteiger partial charge is 0.497 e. The van der Waals surface area contributed by atoms with Gasteiger partial charge in [0.1, 0.15) is 10.8 Å². The summed E-state index contributed by atoms with van der Waals surface area (Å²) >= 11 is 1.33. The van der Waals surface area contributed by atoms with Crippen LogP contribution >= 0.6 is 11.8 Å². The van der Waals surface area contributed by atoms with Gasteiger partial charge < -0.3 is 19.9 Å². The number of anilines is 1. The molecule has 0 fully saturated rings. The molecule has 2 N–H and O–H groups in total. The van der Waals surface area contributed by atoms with E-state index in [0.29, 0.717) is 40.2 Å². The van der Waals surface area contributed by atoms with Crippen molar-refractivity contribution in [2.24, 2.45) is 0 Å². The standard InChI is InChI=1S/C28H26N4O4S/c1-16-6-4-5-7-23(16)30-24(34)15-37-28-22-12-21-19(14-33)13-29-17(2)25(21)36-27(22)31-26(32-28)18-8-10-20(35-3)11-9-18/h4-11,13,33H,12,14-15H2,1-3H3,(H,30,34). The van der Waals surface area contributed by atoms with Gasteiger partial charge in [0, 0.05) is 35.0 Å². The first-order valence-electron chi connectivity index (χ1n) is 11.8. The lowest BCUT2D eigenvalue weighted by molar-refractivity contribution is -0.113. The van der Waals surface area contributed by atoms with Gasteiger partial charge in [-0.15, -0.1) is 0 Å². The number of rotatable bonds is 7. The van der Waals surface area contributed by atoms with Crippen molar-refractivity contribution in [1.82, 2.24) is 15.0 Å². The fourth-order valence-electron chi connectivity index (χ4n) is 4.12.